The van der Waals surface area contributed by atoms with E-state index in [9.17, 15) is 9.59 Å². The molecule has 0 saturated heterocycles. The second kappa shape index (κ2) is 7.60. The molecule has 0 fully saturated rings. The maximum atomic E-state index is 11.7. The van der Waals surface area contributed by atoms with Gasteiger partial charge in [-0.15, -0.1) is 0 Å². The smallest absolute Gasteiger partial charge is 0.236 e. The molecule has 6 heteroatoms. The first-order valence-corrected chi connectivity index (χ1v) is 7.28. The number of primary amides is 1. The SMILES string of the molecule is COc1ccc2cc(CN(C)CC(=O)NCC(N)=O)ccc2c1. The number of likely N-dealkylation sites (N-methyl/N-ethyl adjacent to an activating group) is 1. The summed E-state index contributed by atoms with van der Waals surface area (Å²) < 4.78 is 5.22. The van der Waals surface area contributed by atoms with Gasteiger partial charge in [0.15, 0.2) is 0 Å². The van der Waals surface area contributed by atoms with Crippen LogP contribution in [0.1, 0.15) is 5.56 Å². The van der Waals surface area contributed by atoms with Crippen LogP contribution >= 0.6 is 0 Å². The number of rotatable bonds is 7. The van der Waals surface area contributed by atoms with Gasteiger partial charge < -0.3 is 15.8 Å². The van der Waals surface area contributed by atoms with Gasteiger partial charge >= 0.3 is 0 Å². The zero-order chi connectivity index (χ0) is 16.8. The Morgan fingerprint density at radius 3 is 2.57 bits per heavy atom. The number of ether oxygens (including phenoxy) is 1. The summed E-state index contributed by atoms with van der Waals surface area (Å²) in [6.07, 6.45) is 0. The van der Waals surface area contributed by atoms with Gasteiger partial charge in [0.2, 0.25) is 11.8 Å². The molecule has 0 bridgehead atoms. The molecule has 0 heterocycles. The zero-order valence-electron chi connectivity index (χ0n) is 13.3. The lowest BCUT2D eigenvalue weighted by atomic mass is 10.1. The number of benzene rings is 2. The molecule has 2 aromatic rings. The Morgan fingerprint density at radius 1 is 1.17 bits per heavy atom. The van der Waals surface area contributed by atoms with Crippen LogP contribution in [0.4, 0.5) is 0 Å². The third-order valence-corrected chi connectivity index (χ3v) is 3.44. The van der Waals surface area contributed by atoms with Crippen LogP contribution in [0.2, 0.25) is 0 Å². The second-order valence-electron chi connectivity index (χ2n) is 5.46. The number of amides is 2. The van der Waals surface area contributed by atoms with E-state index in [1.54, 1.807) is 7.11 Å². The van der Waals surface area contributed by atoms with Gasteiger partial charge in [-0.05, 0) is 41.6 Å². The molecule has 2 rings (SSSR count). The Balaban J connectivity index is 1.98. The molecule has 0 atom stereocenters. The predicted octanol–water partition coefficient (Wildman–Crippen LogP) is 0.882. The van der Waals surface area contributed by atoms with Crippen LogP contribution in [0.25, 0.3) is 10.8 Å². The topological polar surface area (TPSA) is 84.7 Å². The van der Waals surface area contributed by atoms with Gasteiger partial charge in [-0.3, -0.25) is 14.5 Å². The van der Waals surface area contributed by atoms with Gasteiger partial charge in [0.1, 0.15) is 5.75 Å². The second-order valence-corrected chi connectivity index (χ2v) is 5.46. The molecule has 6 nitrogen and oxygen atoms in total. The molecule has 2 aromatic carbocycles. The maximum Gasteiger partial charge on any atom is 0.236 e. The summed E-state index contributed by atoms with van der Waals surface area (Å²) in [4.78, 5) is 24.2. The average Bonchev–Trinajstić information content (AvgIpc) is 2.52. The summed E-state index contributed by atoms with van der Waals surface area (Å²) in [6, 6.07) is 12.1. The fourth-order valence-electron chi connectivity index (χ4n) is 2.35. The molecule has 0 aliphatic rings. The first kappa shape index (κ1) is 16.8. The summed E-state index contributed by atoms with van der Waals surface area (Å²) >= 11 is 0. The largest absolute Gasteiger partial charge is 0.497 e. The van der Waals surface area contributed by atoms with E-state index < -0.39 is 5.91 Å². The highest BCUT2D eigenvalue weighted by molar-refractivity contribution is 5.85. The van der Waals surface area contributed by atoms with E-state index in [4.69, 9.17) is 10.5 Å². The number of hydrogen-bond donors (Lipinski definition) is 2. The van der Waals surface area contributed by atoms with E-state index >= 15 is 0 Å². The Labute approximate surface area is 135 Å². The third-order valence-electron chi connectivity index (χ3n) is 3.44. The van der Waals surface area contributed by atoms with Crippen molar-refractivity contribution in [3.05, 3.63) is 42.0 Å². The summed E-state index contributed by atoms with van der Waals surface area (Å²) in [5.74, 6) is 0.0521. The van der Waals surface area contributed by atoms with Crippen molar-refractivity contribution in [1.82, 2.24) is 10.2 Å². The lowest BCUT2D eigenvalue weighted by molar-refractivity contribution is -0.125. The summed E-state index contributed by atoms with van der Waals surface area (Å²) in [5, 5.41) is 4.70. The molecule has 0 aliphatic heterocycles. The van der Waals surface area contributed by atoms with Crippen molar-refractivity contribution in [3.63, 3.8) is 0 Å². The molecule has 0 unspecified atom stereocenters. The average molecular weight is 315 g/mol. The molecular weight excluding hydrogens is 294 g/mol. The predicted molar refractivity (Wildman–Crippen MR) is 89.0 cm³/mol. The van der Waals surface area contributed by atoms with E-state index in [0.717, 1.165) is 22.1 Å². The monoisotopic (exact) mass is 315 g/mol. The van der Waals surface area contributed by atoms with Crippen LogP contribution in [0.3, 0.4) is 0 Å². The highest BCUT2D eigenvalue weighted by Crippen LogP contribution is 2.22. The molecule has 3 N–H and O–H groups in total. The minimum atomic E-state index is -0.550. The maximum absolute atomic E-state index is 11.7. The van der Waals surface area contributed by atoms with Gasteiger partial charge in [-0.2, -0.15) is 0 Å². The molecule has 0 spiro atoms. The first-order chi connectivity index (χ1) is 11.0. The van der Waals surface area contributed by atoms with E-state index in [1.165, 1.54) is 0 Å². The number of fused-ring (bicyclic) bond motifs is 1. The fourth-order valence-corrected chi connectivity index (χ4v) is 2.35. The standard InChI is InChI=1S/C17H21N3O3/c1-20(11-17(22)19-9-16(18)21)10-12-3-4-14-8-15(23-2)6-5-13(14)7-12/h3-8H,9-11H2,1-2H3,(H2,18,21)(H,19,22). The Kier molecular flexibility index (Phi) is 5.54. The molecule has 122 valence electrons. The minimum absolute atomic E-state index is 0.134. The summed E-state index contributed by atoms with van der Waals surface area (Å²) in [6.45, 7) is 0.699. The summed E-state index contributed by atoms with van der Waals surface area (Å²) in [7, 11) is 3.50. The van der Waals surface area contributed by atoms with Crippen LogP contribution in [0, 0.1) is 0 Å². The van der Waals surface area contributed by atoms with Crippen LogP contribution in [0.15, 0.2) is 36.4 Å². The lowest BCUT2D eigenvalue weighted by Gasteiger charge is -2.16. The van der Waals surface area contributed by atoms with Crippen LogP contribution in [0.5, 0.6) is 5.75 Å². The molecule has 2 amide bonds. The van der Waals surface area contributed by atoms with Crippen LogP contribution in [-0.4, -0.2) is 44.0 Å². The number of nitrogens with two attached hydrogens (primary N) is 1. The number of carbonyl (C=O) groups excluding carboxylic acids is 2. The number of methoxy groups -OCH3 is 1. The van der Waals surface area contributed by atoms with E-state index in [-0.39, 0.29) is 19.0 Å². The van der Waals surface area contributed by atoms with Crippen molar-refractivity contribution in [2.24, 2.45) is 5.73 Å². The highest BCUT2D eigenvalue weighted by atomic mass is 16.5. The Hall–Kier alpha value is -2.60. The van der Waals surface area contributed by atoms with Gasteiger partial charge in [0, 0.05) is 6.54 Å². The normalized spacial score (nSPS) is 10.7. The number of nitrogens with zero attached hydrogens (tertiary/aromatic N) is 1. The molecular formula is C17H21N3O3. The molecule has 0 saturated carbocycles. The number of carbonyl (C=O) groups is 2. The van der Waals surface area contributed by atoms with Gasteiger partial charge in [-0.25, -0.2) is 0 Å². The Morgan fingerprint density at radius 2 is 1.87 bits per heavy atom. The van der Waals surface area contributed by atoms with Crippen molar-refractivity contribution < 1.29 is 14.3 Å². The van der Waals surface area contributed by atoms with Gasteiger partial charge in [0.05, 0.1) is 20.2 Å². The van der Waals surface area contributed by atoms with Crippen molar-refractivity contribution in [2.75, 3.05) is 27.2 Å². The lowest BCUT2D eigenvalue weighted by Crippen LogP contribution is -2.39. The molecule has 0 aromatic heterocycles. The van der Waals surface area contributed by atoms with E-state index in [0.29, 0.717) is 6.54 Å². The molecule has 0 radical (unpaired) electrons. The highest BCUT2D eigenvalue weighted by Gasteiger charge is 2.08. The molecule has 23 heavy (non-hydrogen) atoms. The fraction of sp³-hybridized carbons (Fsp3) is 0.294. The van der Waals surface area contributed by atoms with Crippen molar-refractivity contribution >= 4 is 22.6 Å². The number of nitrogens with one attached hydrogen (secondary N) is 1. The van der Waals surface area contributed by atoms with Crippen LogP contribution in [-0.2, 0) is 16.1 Å². The quantitative estimate of drug-likeness (QED) is 0.794. The van der Waals surface area contributed by atoms with E-state index in [2.05, 4.69) is 11.4 Å². The van der Waals surface area contributed by atoms with Crippen molar-refractivity contribution in [1.29, 1.82) is 0 Å². The number of hydrogen-bond acceptors (Lipinski definition) is 4. The molecule has 0 aliphatic carbocycles. The van der Waals surface area contributed by atoms with Crippen molar-refractivity contribution in [3.8, 4) is 5.75 Å². The first-order valence-electron chi connectivity index (χ1n) is 7.28. The van der Waals surface area contributed by atoms with Crippen LogP contribution < -0.4 is 15.8 Å². The van der Waals surface area contributed by atoms with Crippen molar-refractivity contribution in [2.45, 2.75) is 6.54 Å². The zero-order valence-corrected chi connectivity index (χ0v) is 13.3. The third kappa shape index (κ3) is 4.96. The Bertz CT molecular complexity index is 715. The van der Waals surface area contributed by atoms with E-state index in [1.807, 2.05) is 42.3 Å². The minimum Gasteiger partial charge on any atom is -0.497 e. The van der Waals surface area contributed by atoms with Gasteiger partial charge in [0.25, 0.3) is 0 Å². The summed E-state index contributed by atoms with van der Waals surface area (Å²) in [5.41, 5.74) is 6.10. The van der Waals surface area contributed by atoms with Gasteiger partial charge in [-0.1, -0.05) is 18.2 Å².